The number of amides is 2. The molecule has 0 unspecified atom stereocenters. The van der Waals surface area contributed by atoms with Crippen molar-refractivity contribution in [3.8, 4) is 0 Å². The van der Waals surface area contributed by atoms with Crippen LogP contribution in [0.2, 0.25) is 0 Å². The van der Waals surface area contributed by atoms with E-state index in [-0.39, 0.29) is 23.3 Å². The summed E-state index contributed by atoms with van der Waals surface area (Å²) >= 11 is 4.96. The molecule has 6 nitrogen and oxygen atoms in total. The summed E-state index contributed by atoms with van der Waals surface area (Å²) in [5.41, 5.74) is 6.54. The van der Waals surface area contributed by atoms with Crippen LogP contribution < -0.4 is 16.2 Å². The monoisotopic (exact) mass is 337 g/mol. The molecule has 0 bridgehead atoms. The maximum absolute atomic E-state index is 12.0. The van der Waals surface area contributed by atoms with E-state index in [1.807, 2.05) is 19.1 Å². The number of thiocarbonyl (C=S) groups is 1. The average molecular weight is 337 g/mol. The first-order chi connectivity index (χ1) is 10.9. The summed E-state index contributed by atoms with van der Waals surface area (Å²) in [7, 11) is 0. The molecule has 0 spiro atoms. The van der Waals surface area contributed by atoms with E-state index in [1.165, 1.54) is 0 Å². The summed E-state index contributed by atoms with van der Waals surface area (Å²) in [6.07, 6.45) is 0.216. The number of benzene rings is 1. The van der Waals surface area contributed by atoms with Gasteiger partial charge in [-0.2, -0.15) is 0 Å². The topological polar surface area (TPSA) is 79.5 Å². The van der Waals surface area contributed by atoms with Crippen molar-refractivity contribution in [3.05, 3.63) is 35.4 Å². The maximum atomic E-state index is 12.0. The van der Waals surface area contributed by atoms with Crippen molar-refractivity contribution in [1.82, 2.24) is 16.2 Å². The highest BCUT2D eigenvalue weighted by Crippen LogP contribution is 2.14. The van der Waals surface area contributed by atoms with Gasteiger partial charge < -0.3 is 4.74 Å². The van der Waals surface area contributed by atoms with Crippen molar-refractivity contribution in [2.75, 3.05) is 13.2 Å². The number of rotatable bonds is 6. The smallest absolute Gasteiger partial charge is 0.257 e. The predicted molar refractivity (Wildman–Crippen MR) is 93.0 cm³/mol. The Bertz CT molecular complexity index is 544. The van der Waals surface area contributed by atoms with E-state index < -0.39 is 0 Å². The maximum Gasteiger partial charge on any atom is 0.257 e. The molecule has 0 aliphatic carbocycles. The lowest BCUT2D eigenvalue weighted by Crippen LogP contribution is -2.48. The van der Waals surface area contributed by atoms with Crippen molar-refractivity contribution in [2.24, 2.45) is 0 Å². The highest BCUT2D eigenvalue weighted by molar-refractivity contribution is 7.80. The molecule has 3 N–H and O–H groups in total. The quantitative estimate of drug-likeness (QED) is 0.420. The second-order valence-electron chi connectivity index (χ2n) is 5.18. The second kappa shape index (κ2) is 9.91. The van der Waals surface area contributed by atoms with Gasteiger partial charge in [0.05, 0.1) is 13.0 Å². The third-order valence-corrected chi connectivity index (χ3v) is 3.26. The van der Waals surface area contributed by atoms with Crippen LogP contribution in [-0.4, -0.2) is 30.1 Å². The zero-order valence-corrected chi connectivity index (χ0v) is 14.5. The van der Waals surface area contributed by atoms with Crippen molar-refractivity contribution < 1.29 is 14.3 Å². The average Bonchev–Trinajstić information content (AvgIpc) is 2.53. The van der Waals surface area contributed by atoms with Crippen LogP contribution in [0, 0.1) is 0 Å². The van der Waals surface area contributed by atoms with Gasteiger partial charge in [0.2, 0.25) is 5.91 Å². The van der Waals surface area contributed by atoms with E-state index in [2.05, 4.69) is 30.0 Å². The van der Waals surface area contributed by atoms with Crippen LogP contribution in [0.1, 0.15) is 49.0 Å². The summed E-state index contributed by atoms with van der Waals surface area (Å²) in [5, 5.41) is 2.54. The molecule has 0 saturated carbocycles. The number of hydrazine groups is 1. The molecular formula is C16H23N3O3S. The van der Waals surface area contributed by atoms with E-state index in [9.17, 15) is 9.59 Å². The Morgan fingerprint density at radius 1 is 1.17 bits per heavy atom. The van der Waals surface area contributed by atoms with Gasteiger partial charge in [-0.3, -0.25) is 25.8 Å². The molecule has 7 heteroatoms. The van der Waals surface area contributed by atoms with E-state index in [0.717, 1.165) is 5.56 Å². The number of carbonyl (C=O) groups is 2. The second-order valence-corrected chi connectivity index (χ2v) is 5.59. The first kappa shape index (κ1) is 19.1. The first-order valence-electron chi connectivity index (χ1n) is 7.52. The van der Waals surface area contributed by atoms with Gasteiger partial charge in [-0.25, -0.2) is 0 Å². The molecule has 1 aromatic rings. The van der Waals surface area contributed by atoms with E-state index in [4.69, 9.17) is 17.0 Å². The van der Waals surface area contributed by atoms with Gasteiger partial charge >= 0.3 is 0 Å². The Labute approximate surface area is 141 Å². The van der Waals surface area contributed by atoms with Crippen LogP contribution >= 0.6 is 12.2 Å². The van der Waals surface area contributed by atoms with Crippen LogP contribution in [0.4, 0.5) is 0 Å². The molecule has 0 saturated heterocycles. The Hall–Kier alpha value is -1.99. The van der Waals surface area contributed by atoms with Gasteiger partial charge in [0.1, 0.15) is 0 Å². The van der Waals surface area contributed by atoms with Crippen molar-refractivity contribution in [2.45, 2.75) is 33.1 Å². The summed E-state index contributed by atoms with van der Waals surface area (Å²) in [5.74, 6) is -0.195. The fourth-order valence-electron chi connectivity index (χ4n) is 1.72. The standard InChI is InChI=1S/C16H23N3O3S/c1-4-22-10-9-14(20)18-19-16(23)17-15(21)13-7-5-12(6-8-13)11(2)3/h5-8,11H,4,9-10H2,1-3H3,(H,18,20)(H2,17,19,21,23). The van der Waals surface area contributed by atoms with Gasteiger partial charge in [0.25, 0.3) is 5.91 Å². The van der Waals surface area contributed by atoms with Crippen LogP contribution in [0.15, 0.2) is 24.3 Å². The van der Waals surface area contributed by atoms with Gasteiger partial charge in [-0.05, 0) is 42.8 Å². The van der Waals surface area contributed by atoms with E-state index >= 15 is 0 Å². The third-order valence-electron chi connectivity index (χ3n) is 3.06. The minimum atomic E-state index is -0.332. The summed E-state index contributed by atoms with van der Waals surface area (Å²) < 4.78 is 5.07. The Balaban J connectivity index is 2.38. The van der Waals surface area contributed by atoms with Crippen LogP contribution in [0.25, 0.3) is 0 Å². The first-order valence-corrected chi connectivity index (χ1v) is 7.92. The number of hydrogen-bond acceptors (Lipinski definition) is 4. The molecule has 2 amide bonds. The minimum Gasteiger partial charge on any atom is -0.381 e. The van der Waals surface area contributed by atoms with Crippen molar-refractivity contribution in [3.63, 3.8) is 0 Å². The Kier molecular flexibility index (Phi) is 8.21. The van der Waals surface area contributed by atoms with Crippen LogP contribution in [0.5, 0.6) is 0 Å². The Morgan fingerprint density at radius 2 is 1.83 bits per heavy atom. The molecule has 126 valence electrons. The van der Waals surface area contributed by atoms with E-state index in [0.29, 0.717) is 24.7 Å². The van der Waals surface area contributed by atoms with Crippen LogP contribution in [-0.2, 0) is 9.53 Å². The van der Waals surface area contributed by atoms with Crippen LogP contribution in [0.3, 0.4) is 0 Å². The summed E-state index contributed by atoms with van der Waals surface area (Å²) in [4.78, 5) is 23.5. The number of ether oxygens (including phenoxy) is 1. The minimum absolute atomic E-state index is 0.0349. The lowest BCUT2D eigenvalue weighted by atomic mass is 10.0. The fraction of sp³-hybridized carbons (Fsp3) is 0.438. The van der Waals surface area contributed by atoms with Gasteiger partial charge in [0, 0.05) is 12.2 Å². The predicted octanol–water partition coefficient (Wildman–Crippen LogP) is 1.87. The lowest BCUT2D eigenvalue weighted by Gasteiger charge is -2.11. The normalized spacial score (nSPS) is 10.3. The van der Waals surface area contributed by atoms with Crippen molar-refractivity contribution >= 4 is 29.1 Å². The molecule has 0 aliphatic heterocycles. The molecule has 1 rings (SSSR count). The SMILES string of the molecule is CCOCCC(=O)NNC(=S)NC(=O)c1ccc(C(C)C)cc1. The number of carbonyl (C=O) groups excluding carboxylic acids is 2. The molecular weight excluding hydrogens is 314 g/mol. The molecule has 23 heavy (non-hydrogen) atoms. The molecule has 0 fully saturated rings. The molecule has 1 aromatic carbocycles. The summed E-state index contributed by atoms with van der Waals surface area (Å²) in [6, 6.07) is 7.30. The van der Waals surface area contributed by atoms with Gasteiger partial charge in [0.15, 0.2) is 5.11 Å². The third kappa shape index (κ3) is 7.21. The van der Waals surface area contributed by atoms with Gasteiger partial charge in [-0.1, -0.05) is 26.0 Å². The number of hydrogen-bond donors (Lipinski definition) is 3. The van der Waals surface area contributed by atoms with Gasteiger partial charge in [-0.15, -0.1) is 0 Å². The molecule has 0 radical (unpaired) electrons. The Morgan fingerprint density at radius 3 is 2.39 bits per heavy atom. The molecule has 0 aliphatic rings. The molecule has 0 heterocycles. The van der Waals surface area contributed by atoms with E-state index in [1.54, 1.807) is 12.1 Å². The fourth-order valence-corrected chi connectivity index (χ4v) is 1.87. The number of nitrogens with one attached hydrogen (secondary N) is 3. The highest BCUT2D eigenvalue weighted by Gasteiger charge is 2.09. The zero-order valence-electron chi connectivity index (χ0n) is 13.6. The van der Waals surface area contributed by atoms with Crippen molar-refractivity contribution in [1.29, 1.82) is 0 Å². The summed E-state index contributed by atoms with van der Waals surface area (Å²) in [6.45, 7) is 6.93. The molecule has 0 aromatic heterocycles. The zero-order chi connectivity index (χ0) is 17.2. The lowest BCUT2D eigenvalue weighted by molar-refractivity contribution is -0.122. The largest absolute Gasteiger partial charge is 0.381 e. The highest BCUT2D eigenvalue weighted by atomic mass is 32.1. The molecule has 0 atom stereocenters.